The lowest BCUT2D eigenvalue weighted by atomic mass is 10.2. The van der Waals surface area contributed by atoms with E-state index in [2.05, 4.69) is 0 Å². The Labute approximate surface area is 116 Å². The van der Waals surface area contributed by atoms with Gasteiger partial charge in [-0.1, -0.05) is 53.5 Å². The quantitative estimate of drug-likeness (QED) is 0.525. The molecule has 0 unspecified atom stereocenters. The molecule has 0 saturated carbocycles. The number of nitrogens with two attached hydrogens (primary N) is 1. The molecule has 18 heavy (non-hydrogen) atoms. The van der Waals surface area contributed by atoms with Crippen LogP contribution in [0.15, 0.2) is 46.1 Å². The monoisotopic (exact) mass is 285 g/mol. The zero-order chi connectivity index (χ0) is 13.5. The predicted molar refractivity (Wildman–Crippen MR) is 74.0 cm³/mol. The molecule has 1 aromatic rings. The molecule has 0 aliphatic carbocycles. The maximum absolute atomic E-state index is 11.4. The Morgan fingerprint density at radius 2 is 1.94 bits per heavy atom. The summed E-state index contributed by atoms with van der Waals surface area (Å²) >= 11 is 11.8. The molecule has 0 aromatic heterocycles. The van der Waals surface area contributed by atoms with E-state index in [1.165, 1.54) is 0 Å². The summed E-state index contributed by atoms with van der Waals surface area (Å²) in [6, 6.07) is 9.32. The van der Waals surface area contributed by atoms with Gasteiger partial charge in [0.05, 0.1) is 17.3 Å². The molecule has 0 saturated heterocycles. The zero-order valence-electron chi connectivity index (χ0n) is 9.82. The largest absolute Gasteiger partial charge is 0.462 e. The van der Waals surface area contributed by atoms with Crippen molar-refractivity contribution in [3.63, 3.8) is 0 Å². The Balaban J connectivity index is 2.96. The molecule has 0 atom stereocenters. The number of ether oxygens (including phenoxy) is 1. The van der Waals surface area contributed by atoms with Crippen molar-refractivity contribution >= 4 is 35.2 Å². The number of halogens is 2. The summed E-state index contributed by atoms with van der Waals surface area (Å²) in [6.07, 6.45) is 1.62. The highest BCUT2D eigenvalue weighted by molar-refractivity contribution is 6.44. The van der Waals surface area contributed by atoms with Crippen LogP contribution in [-0.2, 0) is 9.53 Å². The van der Waals surface area contributed by atoms with Crippen molar-refractivity contribution in [2.24, 2.45) is 5.73 Å². The van der Waals surface area contributed by atoms with E-state index in [1.54, 1.807) is 13.0 Å². The molecular formula is C13H13Cl2NO2. The summed E-state index contributed by atoms with van der Waals surface area (Å²) in [4.78, 5) is 11.4. The number of esters is 1. The molecule has 0 aliphatic rings. The Bertz CT molecular complexity index is 481. The first-order valence-electron chi connectivity index (χ1n) is 5.31. The van der Waals surface area contributed by atoms with Crippen molar-refractivity contribution in [2.45, 2.75) is 6.92 Å². The number of carbonyl (C=O) groups excluding carboxylic acids is 1. The van der Waals surface area contributed by atoms with Crippen LogP contribution in [0.3, 0.4) is 0 Å². The van der Waals surface area contributed by atoms with E-state index in [4.69, 9.17) is 33.7 Å². The highest BCUT2D eigenvalue weighted by Crippen LogP contribution is 2.20. The minimum Gasteiger partial charge on any atom is -0.462 e. The van der Waals surface area contributed by atoms with Crippen LogP contribution in [-0.4, -0.2) is 12.6 Å². The molecule has 5 heteroatoms. The second-order valence-corrected chi connectivity index (χ2v) is 4.14. The van der Waals surface area contributed by atoms with Gasteiger partial charge < -0.3 is 10.5 Å². The lowest BCUT2D eigenvalue weighted by Gasteiger charge is -2.04. The normalized spacial score (nSPS) is 12.9. The van der Waals surface area contributed by atoms with Crippen LogP contribution >= 0.6 is 23.2 Å². The van der Waals surface area contributed by atoms with Crippen LogP contribution in [0.1, 0.15) is 12.5 Å². The van der Waals surface area contributed by atoms with Crippen molar-refractivity contribution in [3.05, 3.63) is 51.7 Å². The van der Waals surface area contributed by atoms with Gasteiger partial charge in [-0.05, 0) is 18.6 Å². The van der Waals surface area contributed by atoms with Gasteiger partial charge in [-0.25, -0.2) is 4.79 Å². The summed E-state index contributed by atoms with van der Waals surface area (Å²) in [7, 11) is 0. The van der Waals surface area contributed by atoms with E-state index in [0.29, 0.717) is 0 Å². The molecule has 0 heterocycles. The summed E-state index contributed by atoms with van der Waals surface area (Å²) in [6.45, 7) is 1.90. The number of allylic oxidation sites excluding steroid dienone is 1. The van der Waals surface area contributed by atoms with E-state index in [-0.39, 0.29) is 22.4 Å². The first-order valence-corrected chi connectivity index (χ1v) is 6.06. The molecule has 0 fully saturated rings. The van der Waals surface area contributed by atoms with Gasteiger partial charge in [0, 0.05) is 0 Å². The average Bonchev–Trinajstić information content (AvgIpc) is 2.38. The van der Waals surface area contributed by atoms with Crippen molar-refractivity contribution in [1.82, 2.24) is 0 Å². The molecule has 0 spiro atoms. The summed E-state index contributed by atoms with van der Waals surface area (Å²) in [5, 5.41) is -0.0201. The van der Waals surface area contributed by atoms with Gasteiger partial charge >= 0.3 is 5.97 Å². The van der Waals surface area contributed by atoms with Gasteiger partial charge in [-0.15, -0.1) is 0 Å². The van der Waals surface area contributed by atoms with Crippen LogP contribution in [0, 0.1) is 0 Å². The third-order valence-corrected chi connectivity index (χ3v) is 2.71. The molecule has 0 aliphatic heterocycles. The Hall–Kier alpha value is -1.45. The molecule has 1 rings (SSSR count). The zero-order valence-corrected chi connectivity index (χ0v) is 11.3. The van der Waals surface area contributed by atoms with Gasteiger partial charge in [-0.3, -0.25) is 0 Å². The highest BCUT2D eigenvalue weighted by atomic mass is 35.5. The fourth-order valence-electron chi connectivity index (χ4n) is 1.18. The SMILES string of the molecule is CCOC(=O)C(Cl)=C(N)C(Cl)=Cc1ccccc1. The molecule has 0 amide bonds. The van der Waals surface area contributed by atoms with Gasteiger partial charge in [0.25, 0.3) is 0 Å². The average molecular weight is 286 g/mol. The third-order valence-electron chi connectivity index (χ3n) is 2.04. The molecule has 2 N–H and O–H groups in total. The molecular weight excluding hydrogens is 273 g/mol. The number of carbonyl (C=O) groups is 1. The lowest BCUT2D eigenvalue weighted by molar-refractivity contribution is -0.137. The van der Waals surface area contributed by atoms with Crippen molar-refractivity contribution < 1.29 is 9.53 Å². The summed E-state index contributed by atoms with van der Waals surface area (Å²) in [5.41, 5.74) is 6.55. The standard InChI is InChI=1S/C13H13Cl2NO2/c1-2-18-13(17)11(15)12(16)10(14)8-9-6-4-3-5-7-9/h3-8H,2,16H2,1H3. The second kappa shape index (κ2) is 7.09. The first kappa shape index (κ1) is 14.6. The van der Waals surface area contributed by atoms with Crippen molar-refractivity contribution in [1.29, 1.82) is 0 Å². The van der Waals surface area contributed by atoms with Crippen LogP contribution in [0.25, 0.3) is 6.08 Å². The van der Waals surface area contributed by atoms with Gasteiger partial charge in [0.15, 0.2) is 0 Å². The summed E-state index contributed by atoms with van der Waals surface area (Å²) in [5.74, 6) is -0.684. The smallest absolute Gasteiger partial charge is 0.351 e. The third kappa shape index (κ3) is 4.09. The molecule has 96 valence electrons. The summed E-state index contributed by atoms with van der Waals surface area (Å²) < 4.78 is 4.73. The maximum Gasteiger partial charge on any atom is 0.351 e. The second-order valence-electron chi connectivity index (χ2n) is 3.35. The Morgan fingerprint density at radius 3 is 2.50 bits per heavy atom. The van der Waals surface area contributed by atoms with Crippen LogP contribution in [0.2, 0.25) is 0 Å². The van der Waals surface area contributed by atoms with Gasteiger partial charge in [-0.2, -0.15) is 0 Å². The minimum atomic E-state index is -0.684. The van der Waals surface area contributed by atoms with E-state index in [1.807, 2.05) is 30.3 Å². The fraction of sp³-hybridized carbons (Fsp3) is 0.154. The van der Waals surface area contributed by atoms with E-state index in [9.17, 15) is 4.79 Å². The fourth-order valence-corrected chi connectivity index (χ4v) is 1.61. The highest BCUT2D eigenvalue weighted by Gasteiger charge is 2.14. The number of hydrogen-bond acceptors (Lipinski definition) is 3. The van der Waals surface area contributed by atoms with E-state index < -0.39 is 5.97 Å². The van der Waals surface area contributed by atoms with E-state index in [0.717, 1.165) is 5.56 Å². The van der Waals surface area contributed by atoms with E-state index >= 15 is 0 Å². The molecule has 0 bridgehead atoms. The van der Waals surface area contributed by atoms with Crippen LogP contribution < -0.4 is 5.73 Å². The topological polar surface area (TPSA) is 52.3 Å². The first-order chi connectivity index (χ1) is 8.56. The van der Waals surface area contributed by atoms with Gasteiger partial charge in [0.2, 0.25) is 0 Å². The maximum atomic E-state index is 11.4. The predicted octanol–water partition coefficient (Wildman–Crippen LogP) is 3.24. The van der Waals surface area contributed by atoms with Crippen LogP contribution in [0.5, 0.6) is 0 Å². The van der Waals surface area contributed by atoms with Crippen LogP contribution in [0.4, 0.5) is 0 Å². The molecule has 1 aromatic carbocycles. The molecule has 0 radical (unpaired) electrons. The Kier molecular flexibility index (Phi) is 5.75. The minimum absolute atomic E-state index is 0.000589. The van der Waals surface area contributed by atoms with Crippen molar-refractivity contribution in [2.75, 3.05) is 6.61 Å². The number of benzene rings is 1. The number of hydrogen-bond donors (Lipinski definition) is 1. The molecule has 3 nitrogen and oxygen atoms in total. The van der Waals surface area contributed by atoms with Crippen molar-refractivity contribution in [3.8, 4) is 0 Å². The number of rotatable bonds is 4. The lowest BCUT2D eigenvalue weighted by Crippen LogP contribution is -2.10. The Morgan fingerprint density at radius 1 is 1.33 bits per heavy atom. The van der Waals surface area contributed by atoms with Gasteiger partial charge in [0.1, 0.15) is 5.03 Å².